The molecule has 4 aromatic rings. The van der Waals surface area contributed by atoms with Crippen LogP contribution in [0.5, 0.6) is 23.0 Å². The number of aromatic carboxylic acids is 1. The number of hydrogen-bond donors (Lipinski definition) is 2. The van der Waals surface area contributed by atoms with Gasteiger partial charge in [-0.15, -0.1) is 0 Å². The van der Waals surface area contributed by atoms with Gasteiger partial charge in [0.25, 0.3) is 0 Å². The Labute approximate surface area is 261 Å². The summed E-state index contributed by atoms with van der Waals surface area (Å²) >= 11 is 0. The lowest BCUT2D eigenvalue weighted by molar-refractivity contribution is -0.132. The first-order valence-electron chi connectivity index (χ1n) is 14.7. The molecule has 5 rings (SSSR count). The smallest absolute Gasteiger partial charge is 0.336 e. The number of unbranched alkanes of at least 4 members (excludes halogenated alkanes) is 1. The number of aryl methyl sites for hydroxylation is 1. The number of aromatic nitrogens is 2. The second-order valence-electron chi connectivity index (χ2n) is 10.6. The summed E-state index contributed by atoms with van der Waals surface area (Å²) < 4.78 is 24.6. The third-order valence-electron chi connectivity index (χ3n) is 7.90. The van der Waals surface area contributed by atoms with Crippen LogP contribution in [0.15, 0.2) is 60.3 Å². The summed E-state index contributed by atoms with van der Waals surface area (Å²) in [6.07, 6.45) is 5.84. The largest absolute Gasteiger partial charge is 0.496 e. The van der Waals surface area contributed by atoms with E-state index in [-0.39, 0.29) is 17.6 Å². The quantitative estimate of drug-likeness (QED) is 0.165. The van der Waals surface area contributed by atoms with Crippen LogP contribution in [0.3, 0.4) is 0 Å². The molecule has 234 valence electrons. The molecule has 0 atom stereocenters. The Morgan fingerprint density at radius 1 is 1.00 bits per heavy atom. The third-order valence-corrected chi connectivity index (χ3v) is 7.90. The fourth-order valence-electron chi connectivity index (χ4n) is 5.71. The summed E-state index contributed by atoms with van der Waals surface area (Å²) in [5, 5.41) is 25.1. The molecule has 3 aromatic carbocycles. The monoisotopic (exact) mass is 612 g/mol. The maximum Gasteiger partial charge on any atom is 0.336 e. The molecule has 0 unspecified atom stereocenters. The fourth-order valence-corrected chi connectivity index (χ4v) is 5.71. The molecule has 45 heavy (non-hydrogen) atoms. The van der Waals surface area contributed by atoms with E-state index < -0.39 is 11.9 Å². The predicted octanol–water partition coefficient (Wildman–Crippen LogP) is 6.39. The normalized spacial score (nSPS) is 12.4. The van der Waals surface area contributed by atoms with Gasteiger partial charge >= 0.3 is 11.9 Å². The van der Waals surface area contributed by atoms with E-state index in [1.165, 1.54) is 20.3 Å². The first-order valence-corrected chi connectivity index (χ1v) is 14.7. The zero-order valence-electron chi connectivity index (χ0n) is 25.8. The van der Waals surface area contributed by atoms with Crippen molar-refractivity contribution in [2.75, 3.05) is 27.9 Å². The van der Waals surface area contributed by atoms with E-state index in [2.05, 4.69) is 12.0 Å². The SMILES string of the molecule is CCCCn1ncc(/C=C(\Cc2cc3c(cc2OC)CCO3)C(=O)O)c1-c1ccc(OC)c(OC)c1-c1ccccc1C(=O)O. The second-order valence-corrected chi connectivity index (χ2v) is 10.6. The Morgan fingerprint density at radius 2 is 1.78 bits per heavy atom. The average Bonchev–Trinajstić information content (AvgIpc) is 3.68. The van der Waals surface area contributed by atoms with E-state index in [9.17, 15) is 19.8 Å². The highest BCUT2D eigenvalue weighted by Gasteiger charge is 2.26. The van der Waals surface area contributed by atoms with Crippen LogP contribution in [0.25, 0.3) is 28.5 Å². The number of nitrogens with zero attached hydrogens (tertiary/aromatic N) is 2. The number of carboxylic acid groups (broad SMARTS) is 2. The second kappa shape index (κ2) is 13.6. The van der Waals surface area contributed by atoms with Crippen LogP contribution in [0, 0.1) is 0 Å². The molecule has 1 aliphatic rings. The van der Waals surface area contributed by atoms with Gasteiger partial charge in [0.15, 0.2) is 11.5 Å². The molecule has 0 saturated heterocycles. The molecular formula is C35H36N2O8. The van der Waals surface area contributed by atoms with Gasteiger partial charge in [0.2, 0.25) is 0 Å². The highest BCUT2D eigenvalue weighted by Crippen LogP contribution is 2.47. The highest BCUT2D eigenvalue weighted by atomic mass is 16.5. The van der Waals surface area contributed by atoms with E-state index in [1.807, 2.05) is 22.9 Å². The topological polar surface area (TPSA) is 129 Å². The number of methoxy groups -OCH3 is 3. The van der Waals surface area contributed by atoms with E-state index >= 15 is 0 Å². The molecule has 0 amide bonds. The number of aliphatic carboxylic acids is 1. The van der Waals surface area contributed by atoms with E-state index in [0.29, 0.717) is 63.9 Å². The highest BCUT2D eigenvalue weighted by molar-refractivity contribution is 6.02. The minimum Gasteiger partial charge on any atom is -0.496 e. The summed E-state index contributed by atoms with van der Waals surface area (Å²) in [7, 11) is 4.58. The van der Waals surface area contributed by atoms with Gasteiger partial charge in [-0.05, 0) is 42.8 Å². The molecule has 0 fully saturated rings. The number of carbonyl (C=O) groups is 2. The lowest BCUT2D eigenvalue weighted by atomic mass is 9.90. The molecule has 0 saturated carbocycles. The molecule has 0 spiro atoms. The minimum atomic E-state index is -1.10. The molecular weight excluding hydrogens is 576 g/mol. The number of carboxylic acids is 2. The van der Waals surface area contributed by atoms with Crippen LogP contribution in [0.1, 0.15) is 46.8 Å². The lowest BCUT2D eigenvalue weighted by Gasteiger charge is -2.20. The van der Waals surface area contributed by atoms with Gasteiger partial charge in [0, 0.05) is 58.3 Å². The average molecular weight is 613 g/mol. The van der Waals surface area contributed by atoms with Crippen molar-refractivity contribution in [2.45, 2.75) is 39.2 Å². The minimum absolute atomic E-state index is 0.0787. The van der Waals surface area contributed by atoms with Gasteiger partial charge < -0.3 is 29.2 Å². The first kappa shape index (κ1) is 31.2. The van der Waals surface area contributed by atoms with Crippen molar-refractivity contribution in [3.8, 4) is 45.4 Å². The van der Waals surface area contributed by atoms with Crippen LogP contribution < -0.4 is 18.9 Å². The first-order chi connectivity index (χ1) is 21.8. The molecule has 2 heterocycles. The van der Waals surface area contributed by atoms with E-state index in [4.69, 9.17) is 18.9 Å². The Kier molecular flexibility index (Phi) is 9.42. The standard InChI is InChI=1S/C35H36N2O8/c1-5-6-14-37-32(27-11-12-28(42-2)33(44-4)31(27)25-9-7-8-10-26(25)35(40)41)24(20-36-37)17-23(34(38)39)16-22-19-30-21(13-15-45-30)18-29(22)43-3/h7-12,17-20H,5-6,13-16H2,1-4H3,(H,38,39)(H,40,41)/b23-17+. The van der Waals surface area contributed by atoms with Gasteiger partial charge in [-0.3, -0.25) is 4.68 Å². The van der Waals surface area contributed by atoms with Crippen LogP contribution in [-0.2, 0) is 24.2 Å². The number of hydrogen-bond acceptors (Lipinski definition) is 7. The summed E-state index contributed by atoms with van der Waals surface area (Å²) in [4.78, 5) is 25.0. The van der Waals surface area contributed by atoms with Crippen molar-refractivity contribution < 1.29 is 38.7 Å². The molecule has 0 radical (unpaired) electrons. The van der Waals surface area contributed by atoms with Gasteiger partial charge in [0.1, 0.15) is 11.5 Å². The van der Waals surface area contributed by atoms with Crippen molar-refractivity contribution in [2.24, 2.45) is 0 Å². The van der Waals surface area contributed by atoms with Crippen LogP contribution in [0.4, 0.5) is 0 Å². The summed E-state index contributed by atoms with van der Waals surface area (Å²) in [6.45, 7) is 3.21. The summed E-state index contributed by atoms with van der Waals surface area (Å²) in [5.74, 6) is -0.0853. The Hall–Kier alpha value is -5.25. The number of ether oxygens (including phenoxy) is 4. The van der Waals surface area contributed by atoms with Crippen LogP contribution >= 0.6 is 0 Å². The summed E-state index contributed by atoms with van der Waals surface area (Å²) in [6, 6.07) is 14.0. The molecule has 0 aliphatic carbocycles. The molecule has 1 aromatic heterocycles. The van der Waals surface area contributed by atoms with Crippen molar-refractivity contribution >= 4 is 18.0 Å². The zero-order valence-corrected chi connectivity index (χ0v) is 25.8. The van der Waals surface area contributed by atoms with Crippen molar-refractivity contribution in [1.82, 2.24) is 9.78 Å². The van der Waals surface area contributed by atoms with Crippen LogP contribution in [-0.4, -0.2) is 59.9 Å². The zero-order chi connectivity index (χ0) is 32.1. The maximum absolute atomic E-state index is 12.7. The molecule has 0 bridgehead atoms. The number of rotatable bonds is 13. The van der Waals surface area contributed by atoms with Gasteiger partial charge in [-0.1, -0.05) is 31.5 Å². The Morgan fingerprint density at radius 3 is 2.47 bits per heavy atom. The number of fused-ring (bicyclic) bond motifs is 1. The third kappa shape index (κ3) is 6.22. The Bertz CT molecular complexity index is 1770. The van der Waals surface area contributed by atoms with Crippen LogP contribution in [0.2, 0.25) is 0 Å². The molecule has 10 heteroatoms. The van der Waals surface area contributed by atoms with Gasteiger partial charge in [-0.25, -0.2) is 9.59 Å². The fraction of sp³-hybridized carbons (Fsp3) is 0.286. The molecule has 2 N–H and O–H groups in total. The predicted molar refractivity (Wildman–Crippen MR) is 170 cm³/mol. The van der Waals surface area contributed by atoms with Crippen molar-refractivity contribution in [1.29, 1.82) is 0 Å². The summed E-state index contributed by atoms with van der Waals surface area (Å²) in [5.41, 5.74) is 4.65. The van der Waals surface area contributed by atoms with Crippen molar-refractivity contribution in [3.63, 3.8) is 0 Å². The van der Waals surface area contributed by atoms with E-state index in [1.54, 1.807) is 43.6 Å². The Balaban J connectivity index is 1.74. The van der Waals surface area contributed by atoms with Gasteiger partial charge in [-0.2, -0.15) is 5.10 Å². The lowest BCUT2D eigenvalue weighted by Crippen LogP contribution is -2.07. The number of benzene rings is 3. The van der Waals surface area contributed by atoms with E-state index in [0.717, 1.165) is 30.6 Å². The molecule has 10 nitrogen and oxygen atoms in total. The maximum atomic E-state index is 12.7. The van der Waals surface area contributed by atoms with Crippen molar-refractivity contribution in [3.05, 3.63) is 82.6 Å². The van der Waals surface area contributed by atoms with Gasteiger partial charge in [0.05, 0.1) is 45.4 Å². The molecule has 1 aliphatic heterocycles.